The Hall–Kier alpha value is -1.05. The van der Waals surface area contributed by atoms with Crippen molar-refractivity contribution in [1.82, 2.24) is 5.32 Å². The van der Waals surface area contributed by atoms with Crippen molar-refractivity contribution in [2.75, 3.05) is 6.54 Å². The summed E-state index contributed by atoms with van der Waals surface area (Å²) in [4.78, 5) is 0. The van der Waals surface area contributed by atoms with Crippen LogP contribution in [0.25, 0.3) is 6.08 Å². The van der Waals surface area contributed by atoms with Gasteiger partial charge in [0.15, 0.2) is 0 Å². The van der Waals surface area contributed by atoms with Gasteiger partial charge in [0.25, 0.3) is 0 Å². The van der Waals surface area contributed by atoms with Crippen LogP contribution in [0.4, 0.5) is 0 Å². The van der Waals surface area contributed by atoms with Crippen LogP contribution in [0, 0.1) is 0 Å². The third-order valence-electron chi connectivity index (χ3n) is 1.93. The number of benzene rings is 1. The molecule has 0 aliphatic carbocycles. The maximum Gasteiger partial charge on any atom is 0.0409 e. The Morgan fingerprint density at radius 1 is 1.36 bits per heavy atom. The molecule has 1 nitrogen and oxygen atoms in total. The van der Waals surface area contributed by atoms with E-state index in [1.54, 1.807) is 0 Å². The molecule has 0 saturated carbocycles. The summed E-state index contributed by atoms with van der Waals surface area (Å²) in [6.07, 6.45) is 3.67. The van der Waals surface area contributed by atoms with Gasteiger partial charge in [0, 0.05) is 18.1 Å². The summed E-state index contributed by atoms with van der Waals surface area (Å²) in [6, 6.07) is 5.80. The minimum Gasteiger partial charge on any atom is -0.309 e. The van der Waals surface area contributed by atoms with Gasteiger partial charge in [0.2, 0.25) is 0 Å². The first kappa shape index (κ1) is 11.0. The van der Waals surface area contributed by atoms with E-state index in [0.29, 0.717) is 0 Å². The van der Waals surface area contributed by atoms with Gasteiger partial charge in [-0.15, -0.1) is 6.58 Å². The van der Waals surface area contributed by atoms with Gasteiger partial charge in [0.05, 0.1) is 0 Å². The number of rotatable bonds is 5. The van der Waals surface area contributed by atoms with Crippen LogP contribution in [0.5, 0.6) is 0 Å². The van der Waals surface area contributed by atoms with Crippen molar-refractivity contribution in [3.8, 4) is 0 Å². The Morgan fingerprint density at radius 3 is 2.79 bits per heavy atom. The second kappa shape index (κ2) is 5.63. The zero-order chi connectivity index (χ0) is 10.4. The summed E-state index contributed by atoms with van der Waals surface area (Å²) < 4.78 is 0. The average Bonchev–Trinajstić information content (AvgIpc) is 2.19. The van der Waals surface area contributed by atoms with Crippen LogP contribution in [0.3, 0.4) is 0 Å². The van der Waals surface area contributed by atoms with Crippen molar-refractivity contribution in [2.45, 2.75) is 6.54 Å². The fourth-order valence-corrected chi connectivity index (χ4v) is 1.43. The Balaban J connectivity index is 2.76. The van der Waals surface area contributed by atoms with Crippen molar-refractivity contribution in [3.05, 3.63) is 53.6 Å². The van der Waals surface area contributed by atoms with Crippen LogP contribution in [-0.2, 0) is 6.54 Å². The van der Waals surface area contributed by atoms with E-state index in [4.69, 9.17) is 11.6 Å². The predicted octanol–water partition coefficient (Wildman–Crippen LogP) is 3.26. The second-order valence-corrected chi connectivity index (χ2v) is 3.40. The summed E-state index contributed by atoms with van der Waals surface area (Å²) in [7, 11) is 0. The van der Waals surface area contributed by atoms with Gasteiger partial charge in [-0.2, -0.15) is 0 Å². The standard InChI is InChI=1S/C12H14ClN/c1-3-7-14-9-11-8-12(13)6-5-10(11)4-2/h3-6,8,14H,1-2,7,9H2. The Bertz CT molecular complexity index is 331. The lowest BCUT2D eigenvalue weighted by molar-refractivity contribution is 0.759. The molecule has 0 heterocycles. The molecule has 1 aromatic rings. The molecule has 0 unspecified atom stereocenters. The van der Waals surface area contributed by atoms with E-state index in [1.165, 1.54) is 0 Å². The minimum atomic E-state index is 0.756. The summed E-state index contributed by atoms with van der Waals surface area (Å²) >= 11 is 5.90. The first-order valence-electron chi connectivity index (χ1n) is 4.50. The number of hydrogen-bond donors (Lipinski definition) is 1. The van der Waals surface area contributed by atoms with E-state index < -0.39 is 0 Å². The maximum atomic E-state index is 5.90. The SMILES string of the molecule is C=CCNCc1cc(Cl)ccc1C=C. The fraction of sp³-hybridized carbons (Fsp3) is 0.167. The van der Waals surface area contributed by atoms with Crippen molar-refractivity contribution in [2.24, 2.45) is 0 Å². The third-order valence-corrected chi connectivity index (χ3v) is 2.16. The molecule has 14 heavy (non-hydrogen) atoms. The smallest absolute Gasteiger partial charge is 0.0409 e. The normalized spacial score (nSPS) is 9.79. The van der Waals surface area contributed by atoms with Gasteiger partial charge < -0.3 is 5.32 Å². The average molecular weight is 208 g/mol. The molecule has 0 radical (unpaired) electrons. The predicted molar refractivity (Wildman–Crippen MR) is 63.4 cm³/mol. The molecule has 1 N–H and O–H groups in total. The van der Waals surface area contributed by atoms with Crippen LogP contribution >= 0.6 is 11.6 Å². The highest BCUT2D eigenvalue weighted by molar-refractivity contribution is 6.30. The molecule has 0 bridgehead atoms. The molecule has 0 aliphatic heterocycles. The van der Waals surface area contributed by atoms with Crippen molar-refractivity contribution < 1.29 is 0 Å². The summed E-state index contributed by atoms with van der Waals surface area (Å²) in [6.45, 7) is 8.98. The Labute approximate surface area is 90.1 Å². The molecule has 0 atom stereocenters. The van der Waals surface area contributed by atoms with E-state index in [0.717, 1.165) is 29.2 Å². The summed E-state index contributed by atoms with van der Waals surface area (Å²) in [5.41, 5.74) is 2.28. The summed E-state index contributed by atoms with van der Waals surface area (Å²) in [5.74, 6) is 0. The molecular formula is C12H14ClN. The molecule has 2 heteroatoms. The number of halogens is 1. The van der Waals surface area contributed by atoms with Crippen molar-refractivity contribution in [1.29, 1.82) is 0 Å². The number of nitrogens with one attached hydrogen (secondary N) is 1. The molecular weight excluding hydrogens is 194 g/mol. The van der Waals surface area contributed by atoms with E-state index in [1.807, 2.05) is 30.4 Å². The van der Waals surface area contributed by atoms with Gasteiger partial charge in [0.1, 0.15) is 0 Å². The molecule has 74 valence electrons. The molecule has 0 spiro atoms. The van der Waals surface area contributed by atoms with Gasteiger partial charge in [-0.1, -0.05) is 36.4 Å². The highest BCUT2D eigenvalue weighted by atomic mass is 35.5. The van der Waals surface area contributed by atoms with Gasteiger partial charge in [-0.05, 0) is 23.3 Å². The van der Waals surface area contributed by atoms with E-state index >= 15 is 0 Å². The lowest BCUT2D eigenvalue weighted by Gasteiger charge is -2.06. The van der Waals surface area contributed by atoms with Crippen LogP contribution in [0.1, 0.15) is 11.1 Å². The Kier molecular flexibility index (Phi) is 4.44. The van der Waals surface area contributed by atoms with Crippen LogP contribution in [-0.4, -0.2) is 6.54 Å². The zero-order valence-electron chi connectivity index (χ0n) is 8.09. The molecule has 0 amide bonds. The zero-order valence-corrected chi connectivity index (χ0v) is 8.85. The highest BCUT2D eigenvalue weighted by Crippen LogP contribution is 2.16. The van der Waals surface area contributed by atoms with Gasteiger partial charge >= 0.3 is 0 Å². The van der Waals surface area contributed by atoms with E-state index in [-0.39, 0.29) is 0 Å². The van der Waals surface area contributed by atoms with Gasteiger partial charge in [-0.25, -0.2) is 0 Å². The van der Waals surface area contributed by atoms with Crippen molar-refractivity contribution in [3.63, 3.8) is 0 Å². The molecule has 0 fully saturated rings. The van der Waals surface area contributed by atoms with Crippen molar-refractivity contribution >= 4 is 17.7 Å². The topological polar surface area (TPSA) is 12.0 Å². The quantitative estimate of drug-likeness (QED) is 0.577. The van der Waals surface area contributed by atoms with Gasteiger partial charge in [-0.3, -0.25) is 0 Å². The first-order chi connectivity index (χ1) is 6.77. The summed E-state index contributed by atoms with van der Waals surface area (Å²) in [5, 5.41) is 3.98. The third kappa shape index (κ3) is 3.02. The number of hydrogen-bond acceptors (Lipinski definition) is 1. The second-order valence-electron chi connectivity index (χ2n) is 2.97. The lowest BCUT2D eigenvalue weighted by Crippen LogP contribution is -2.13. The highest BCUT2D eigenvalue weighted by Gasteiger charge is 1.99. The monoisotopic (exact) mass is 207 g/mol. The van der Waals surface area contributed by atoms with E-state index in [2.05, 4.69) is 18.5 Å². The maximum absolute atomic E-state index is 5.90. The fourth-order valence-electron chi connectivity index (χ4n) is 1.24. The molecule has 0 aliphatic rings. The largest absolute Gasteiger partial charge is 0.309 e. The van der Waals surface area contributed by atoms with Crippen LogP contribution in [0.2, 0.25) is 5.02 Å². The molecule has 1 aromatic carbocycles. The van der Waals surface area contributed by atoms with Crippen LogP contribution in [0.15, 0.2) is 37.4 Å². The van der Waals surface area contributed by atoms with E-state index in [9.17, 15) is 0 Å². The molecule has 0 saturated heterocycles. The molecule has 0 aromatic heterocycles. The minimum absolute atomic E-state index is 0.756. The molecule has 1 rings (SSSR count). The lowest BCUT2D eigenvalue weighted by atomic mass is 10.1. The Morgan fingerprint density at radius 2 is 2.14 bits per heavy atom. The van der Waals surface area contributed by atoms with Crippen LogP contribution < -0.4 is 5.32 Å². The first-order valence-corrected chi connectivity index (χ1v) is 4.88.